The first-order valence-electron chi connectivity index (χ1n) is 8.77. The van der Waals surface area contributed by atoms with E-state index in [1.807, 2.05) is 25.1 Å². The number of nitrogens with one attached hydrogen (secondary N) is 2. The molecule has 1 atom stereocenters. The number of hydrogen-bond acceptors (Lipinski definition) is 6. The number of amides is 1. The summed E-state index contributed by atoms with van der Waals surface area (Å²) in [5.74, 6) is 0.645. The first-order chi connectivity index (χ1) is 13.6. The predicted molar refractivity (Wildman–Crippen MR) is 101 cm³/mol. The lowest BCUT2D eigenvalue weighted by Gasteiger charge is -2.24. The van der Waals surface area contributed by atoms with E-state index in [-0.39, 0.29) is 23.8 Å². The smallest absolute Gasteiger partial charge is 0.264 e. The Morgan fingerprint density at radius 2 is 1.96 bits per heavy atom. The van der Waals surface area contributed by atoms with Crippen molar-refractivity contribution in [2.45, 2.75) is 19.3 Å². The molecular weight excluding hydrogens is 358 g/mol. The highest BCUT2D eigenvalue weighted by atomic mass is 16.2. The van der Waals surface area contributed by atoms with Crippen LogP contribution in [0.1, 0.15) is 29.2 Å². The highest BCUT2D eigenvalue weighted by molar-refractivity contribution is 5.96. The van der Waals surface area contributed by atoms with E-state index in [0.717, 1.165) is 27.9 Å². The summed E-state index contributed by atoms with van der Waals surface area (Å²) in [6.07, 6.45) is 3.58. The second-order valence-corrected chi connectivity index (χ2v) is 6.62. The van der Waals surface area contributed by atoms with Crippen LogP contribution in [0.2, 0.25) is 0 Å². The van der Waals surface area contributed by atoms with E-state index < -0.39 is 0 Å². The van der Waals surface area contributed by atoms with Gasteiger partial charge in [0.2, 0.25) is 5.91 Å². The monoisotopic (exact) mass is 373 g/mol. The topological polar surface area (TPSA) is 118 Å². The summed E-state index contributed by atoms with van der Waals surface area (Å²) < 4.78 is 1.54. The van der Waals surface area contributed by atoms with Crippen LogP contribution in [-0.2, 0) is 4.79 Å². The van der Waals surface area contributed by atoms with Crippen molar-refractivity contribution in [1.82, 2.24) is 29.9 Å². The molecule has 2 N–H and O–H groups in total. The third-order valence-corrected chi connectivity index (χ3v) is 4.89. The van der Waals surface area contributed by atoms with Gasteiger partial charge in [0.15, 0.2) is 5.82 Å². The maximum Gasteiger partial charge on any atom is 0.264 e. The van der Waals surface area contributed by atoms with Crippen molar-refractivity contribution in [3.63, 3.8) is 0 Å². The fourth-order valence-corrected chi connectivity index (χ4v) is 3.73. The first kappa shape index (κ1) is 16.3. The van der Waals surface area contributed by atoms with Crippen molar-refractivity contribution in [3.05, 3.63) is 69.9 Å². The van der Waals surface area contributed by atoms with Crippen LogP contribution >= 0.6 is 0 Å². The van der Waals surface area contributed by atoms with Crippen LogP contribution < -0.4 is 10.9 Å². The molecule has 1 aliphatic rings. The van der Waals surface area contributed by atoms with Gasteiger partial charge in [0.1, 0.15) is 5.82 Å². The molecule has 0 spiro atoms. The van der Waals surface area contributed by atoms with Crippen molar-refractivity contribution in [2.75, 3.05) is 5.32 Å². The molecule has 9 nitrogen and oxygen atoms in total. The van der Waals surface area contributed by atoms with Gasteiger partial charge in [0, 0.05) is 36.4 Å². The molecule has 0 saturated carbocycles. The minimum absolute atomic E-state index is 0.121. The van der Waals surface area contributed by atoms with E-state index in [1.165, 1.54) is 6.07 Å². The quantitative estimate of drug-likeness (QED) is 0.552. The maximum absolute atomic E-state index is 12.5. The zero-order chi connectivity index (χ0) is 19.3. The molecule has 4 heterocycles. The Morgan fingerprint density at radius 1 is 1.11 bits per heavy atom. The largest absolute Gasteiger partial charge is 0.310 e. The number of rotatable bonds is 2. The predicted octanol–water partition coefficient (Wildman–Crippen LogP) is 1.68. The minimum Gasteiger partial charge on any atom is -0.310 e. The maximum atomic E-state index is 12.5. The number of H-pyrrole nitrogens is 1. The zero-order valence-electron chi connectivity index (χ0n) is 14.9. The van der Waals surface area contributed by atoms with Gasteiger partial charge in [0.05, 0.1) is 16.7 Å². The number of nitrogens with zero attached hydrogens (tertiary/aromatic N) is 5. The Balaban J connectivity index is 1.73. The van der Waals surface area contributed by atoms with Gasteiger partial charge in [-0.05, 0) is 24.6 Å². The highest BCUT2D eigenvalue weighted by Crippen LogP contribution is 2.41. The Kier molecular flexibility index (Phi) is 3.54. The van der Waals surface area contributed by atoms with E-state index in [1.54, 1.807) is 23.1 Å². The molecule has 0 fully saturated rings. The third-order valence-electron chi connectivity index (χ3n) is 4.89. The van der Waals surface area contributed by atoms with E-state index in [2.05, 4.69) is 30.6 Å². The van der Waals surface area contributed by atoms with Crippen molar-refractivity contribution >= 4 is 22.8 Å². The molecule has 3 aromatic heterocycles. The molecule has 0 radical (unpaired) electrons. The Bertz CT molecular complexity index is 1270. The molecule has 1 aliphatic heterocycles. The van der Waals surface area contributed by atoms with Crippen molar-refractivity contribution < 1.29 is 4.79 Å². The normalized spacial score (nSPS) is 16.0. The number of hydrogen-bond donors (Lipinski definition) is 2. The third kappa shape index (κ3) is 2.48. The fraction of sp³-hybridized carbons (Fsp3) is 0.158. The van der Waals surface area contributed by atoms with E-state index in [9.17, 15) is 9.59 Å². The standard InChI is InChI=1S/C19H15N7O2/c1-10-17-12(11-3-2-4-13-18(11)21-8-7-20-13)9-16(28)22-19(17)26(25-10)14-5-6-15(27)24-23-14/h2-8,12H,9H2,1H3,(H,22,28)(H,24,27)/t12-/m0/s1. The van der Waals surface area contributed by atoms with E-state index >= 15 is 0 Å². The highest BCUT2D eigenvalue weighted by Gasteiger charge is 2.34. The van der Waals surface area contributed by atoms with Gasteiger partial charge in [-0.15, -0.1) is 0 Å². The van der Waals surface area contributed by atoms with Crippen molar-refractivity contribution in [2.24, 2.45) is 0 Å². The Hall–Kier alpha value is -3.88. The number of aromatic amines is 1. The fourth-order valence-electron chi connectivity index (χ4n) is 3.73. The molecule has 28 heavy (non-hydrogen) atoms. The number of para-hydroxylation sites is 1. The van der Waals surface area contributed by atoms with Gasteiger partial charge < -0.3 is 5.32 Å². The molecule has 138 valence electrons. The molecule has 0 bridgehead atoms. The van der Waals surface area contributed by atoms with Gasteiger partial charge in [-0.1, -0.05) is 12.1 Å². The summed E-state index contributed by atoms with van der Waals surface area (Å²) in [5, 5.41) is 13.9. The molecule has 9 heteroatoms. The summed E-state index contributed by atoms with van der Waals surface area (Å²) in [7, 11) is 0. The number of aromatic nitrogens is 6. The molecule has 0 saturated heterocycles. The number of anilines is 1. The molecule has 0 unspecified atom stereocenters. The average molecular weight is 373 g/mol. The van der Waals surface area contributed by atoms with Gasteiger partial charge >= 0.3 is 0 Å². The van der Waals surface area contributed by atoms with Crippen LogP contribution in [0.5, 0.6) is 0 Å². The zero-order valence-corrected chi connectivity index (χ0v) is 14.9. The van der Waals surface area contributed by atoms with Crippen molar-refractivity contribution in [1.29, 1.82) is 0 Å². The summed E-state index contributed by atoms with van der Waals surface area (Å²) in [5.41, 5.74) is 3.85. The number of aryl methyl sites for hydroxylation is 1. The molecule has 5 rings (SSSR count). The summed E-state index contributed by atoms with van der Waals surface area (Å²) in [4.78, 5) is 32.7. The van der Waals surface area contributed by atoms with Crippen LogP contribution in [0.4, 0.5) is 5.82 Å². The van der Waals surface area contributed by atoms with Gasteiger partial charge in [-0.3, -0.25) is 19.6 Å². The van der Waals surface area contributed by atoms with Gasteiger partial charge in [0.25, 0.3) is 5.56 Å². The van der Waals surface area contributed by atoms with Crippen molar-refractivity contribution in [3.8, 4) is 5.82 Å². The summed E-state index contributed by atoms with van der Waals surface area (Å²) >= 11 is 0. The molecule has 4 aromatic rings. The summed E-state index contributed by atoms with van der Waals surface area (Å²) in [6, 6.07) is 8.72. The van der Waals surface area contributed by atoms with Gasteiger partial charge in [-0.25, -0.2) is 5.10 Å². The Morgan fingerprint density at radius 3 is 2.79 bits per heavy atom. The second-order valence-electron chi connectivity index (χ2n) is 6.62. The lowest BCUT2D eigenvalue weighted by molar-refractivity contribution is -0.116. The SMILES string of the molecule is Cc1nn(-c2ccc(=O)[nH]n2)c2c1[C@H](c1cccc3nccnc13)CC(=O)N2. The van der Waals surface area contributed by atoms with Crippen LogP contribution in [0.25, 0.3) is 16.9 Å². The molecule has 1 aromatic carbocycles. The Labute approximate surface area is 158 Å². The number of benzene rings is 1. The lowest BCUT2D eigenvalue weighted by atomic mass is 9.85. The number of carbonyl (C=O) groups is 1. The molecule has 1 amide bonds. The molecular formula is C19H15N7O2. The average Bonchev–Trinajstić information content (AvgIpc) is 3.04. The van der Waals surface area contributed by atoms with Crippen LogP contribution in [0, 0.1) is 6.92 Å². The van der Waals surface area contributed by atoms with E-state index in [4.69, 9.17) is 0 Å². The van der Waals surface area contributed by atoms with E-state index in [0.29, 0.717) is 11.6 Å². The minimum atomic E-state index is -0.308. The summed E-state index contributed by atoms with van der Waals surface area (Å²) in [6.45, 7) is 1.89. The number of fused-ring (bicyclic) bond motifs is 2. The first-order valence-corrected chi connectivity index (χ1v) is 8.77. The van der Waals surface area contributed by atoms with Gasteiger partial charge in [-0.2, -0.15) is 14.9 Å². The lowest BCUT2D eigenvalue weighted by Crippen LogP contribution is -2.25. The van der Waals surface area contributed by atoms with Crippen LogP contribution in [-0.4, -0.2) is 35.9 Å². The molecule has 0 aliphatic carbocycles. The van der Waals surface area contributed by atoms with Crippen LogP contribution in [0.15, 0.2) is 47.5 Å². The second kappa shape index (κ2) is 6.08. The van der Waals surface area contributed by atoms with Crippen LogP contribution in [0.3, 0.4) is 0 Å². The number of carbonyl (C=O) groups excluding carboxylic acids is 1.